The molecule has 2 N–H and O–H groups in total. The largest absolute Gasteiger partial charge is 0.370 e. The smallest absolute Gasteiger partial charge is 0.240 e. The van der Waals surface area contributed by atoms with Gasteiger partial charge in [0.05, 0.1) is 4.90 Å². The number of rotatable bonds is 5. The van der Waals surface area contributed by atoms with E-state index in [-0.39, 0.29) is 4.90 Å². The number of hydrogen-bond donors (Lipinski definition) is 2. The zero-order chi connectivity index (χ0) is 11.3. The SMILES string of the molecule is CCCNc1cc(S(=O)(=O)NC)ccn1. The molecule has 0 spiro atoms. The molecule has 0 aliphatic rings. The van der Waals surface area contributed by atoms with E-state index < -0.39 is 10.0 Å². The lowest BCUT2D eigenvalue weighted by Crippen LogP contribution is -2.18. The van der Waals surface area contributed by atoms with Gasteiger partial charge in [-0.2, -0.15) is 0 Å². The fraction of sp³-hybridized carbons (Fsp3) is 0.444. The molecule has 0 aliphatic carbocycles. The van der Waals surface area contributed by atoms with Crippen molar-refractivity contribution in [3.8, 4) is 0 Å². The predicted molar refractivity (Wildman–Crippen MR) is 59.3 cm³/mol. The molecule has 0 aromatic carbocycles. The van der Waals surface area contributed by atoms with Gasteiger partial charge in [-0.15, -0.1) is 0 Å². The second kappa shape index (κ2) is 5.09. The van der Waals surface area contributed by atoms with Crippen molar-refractivity contribution < 1.29 is 8.42 Å². The Balaban J connectivity index is 2.93. The van der Waals surface area contributed by atoms with E-state index in [0.717, 1.165) is 13.0 Å². The number of aromatic nitrogens is 1. The van der Waals surface area contributed by atoms with Crippen molar-refractivity contribution in [3.63, 3.8) is 0 Å². The molecule has 0 saturated carbocycles. The van der Waals surface area contributed by atoms with Crippen LogP contribution in [0.15, 0.2) is 23.2 Å². The van der Waals surface area contributed by atoms with Crippen LogP contribution < -0.4 is 10.0 Å². The maximum absolute atomic E-state index is 11.5. The van der Waals surface area contributed by atoms with Gasteiger partial charge < -0.3 is 5.32 Å². The molecule has 1 aromatic rings. The summed E-state index contributed by atoms with van der Waals surface area (Å²) >= 11 is 0. The highest BCUT2D eigenvalue weighted by Gasteiger charge is 2.11. The number of sulfonamides is 1. The third-order valence-corrected chi connectivity index (χ3v) is 3.28. The van der Waals surface area contributed by atoms with Crippen LogP contribution in [0, 0.1) is 0 Å². The lowest BCUT2D eigenvalue weighted by molar-refractivity contribution is 0.588. The van der Waals surface area contributed by atoms with E-state index in [2.05, 4.69) is 15.0 Å². The predicted octanol–water partition coefficient (Wildman–Crippen LogP) is 0.812. The quantitative estimate of drug-likeness (QED) is 0.784. The van der Waals surface area contributed by atoms with Crippen LogP contribution >= 0.6 is 0 Å². The standard InChI is InChI=1S/C9H15N3O2S/c1-3-5-11-9-7-8(4-6-12-9)15(13,14)10-2/h4,6-7,10H,3,5H2,1-2H3,(H,11,12). The summed E-state index contributed by atoms with van der Waals surface area (Å²) in [7, 11) is -1.99. The first-order valence-electron chi connectivity index (χ1n) is 4.73. The number of pyridine rings is 1. The fourth-order valence-corrected chi connectivity index (χ4v) is 1.79. The second-order valence-corrected chi connectivity index (χ2v) is 4.90. The third-order valence-electron chi connectivity index (χ3n) is 1.87. The average Bonchev–Trinajstić information content (AvgIpc) is 2.27. The van der Waals surface area contributed by atoms with Crippen LogP contribution in [0.3, 0.4) is 0 Å². The lowest BCUT2D eigenvalue weighted by atomic mass is 10.4. The molecule has 1 heterocycles. The molecule has 0 aliphatic heterocycles. The van der Waals surface area contributed by atoms with Gasteiger partial charge in [-0.1, -0.05) is 6.92 Å². The van der Waals surface area contributed by atoms with Crippen molar-refractivity contribution in [2.45, 2.75) is 18.2 Å². The molecule has 1 rings (SSSR count). The van der Waals surface area contributed by atoms with E-state index in [0.29, 0.717) is 5.82 Å². The molecule has 0 bridgehead atoms. The van der Waals surface area contributed by atoms with Crippen molar-refractivity contribution in [3.05, 3.63) is 18.3 Å². The van der Waals surface area contributed by atoms with Gasteiger partial charge in [-0.05, 0) is 19.5 Å². The van der Waals surface area contributed by atoms with Crippen molar-refractivity contribution >= 4 is 15.8 Å². The summed E-state index contributed by atoms with van der Waals surface area (Å²) < 4.78 is 25.2. The molecule has 0 amide bonds. The Morgan fingerprint density at radius 3 is 2.80 bits per heavy atom. The Morgan fingerprint density at radius 2 is 2.20 bits per heavy atom. The van der Waals surface area contributed by atoms with Gasteiger partial charge in [-0.25, -0.2) is 18.1 Å². The molecular formula is C9H15N3O2S. The highest BCUT2D eigenvalue weighted by atomic mass is 32.2. The molecule has 6 heteroatoms. The van der Waals surface area contributed by atoms with Gasteiger partial charge in [0, 0.05) is 18.8 Å². The summed E-state index contributed by atoms with van der Waals surface area (Å²) in [6.45, 7) is 2.80. The Morgan fingerprint density at radius 1 is 1.47 bits per heavy atom. The van der Waals surface area contributed by atoms with Crippen LogP contribution in [-0.4, -0.2) is 27.0 Å². The van der Waals surface area contributed by atoms with Crippen molar-refractivity contribution in [1.82, 2.24) is 9.71 Å². The topological polar surface area (TPSA) is 71.1 Å². The van der Waals surface area contributed by atoms with Crippen molar-refractivity contribution in [1.29, 1.82) is 0 Å². The van der Waals surface area contributed by atoms with E-state index in [4.69, 9.17) is 0 Å². The van der Waals surface area contributed by atoms with E-state index in [1.54, 1.807) is 0 Å². The van der Waals surface area contributed by atoms with Gasteiger partial charge >= 0.3 is 0 Å². The number of anilines is 1. The maximum Gasteiger partial charge on any atom is 0.240 e. The zero-order valence-electron chi connectivity index (χ0n) is 8.82. The first-order valence-corrected chi connectivity index (χ1v) is 6.22. The first-order chi connectivity index (χ1) is 7.10. The minimum atomic E-state index is -3.38. The van der Waals surface area contributed by atoms with Crippen LogP contribution in [0.4, 0.5) is 5.82 Å². The Bertz CT molecular complexity index is 417. The molecule has 1 aromatic heterocycles. The van der Waals surface area contributed by atoms with Crippen LogP contribution in [0.25, 0.3) is 0 Å². The maximum atomic E-state index is 11.5. The van der Waals surface area contributed by atoms with Crippen LogP contribution in [0.5, 0.6) is 0 Å². The molecule has 0 atom stereocenters. The molecule has 0 radical (unpaired) electrons. The van der Waals surface area contributed by atoms with Crippen LogP contribution in [-0.2, 0) is 10.0 Å². The van der Waals surface area contributed by atoms with Crippen LogP contribution in [0.1, 0.15) is 13.3 Å². The van der Waals surface area contributed by atoms with Gasteiger partial charge in [0.15, 0.2) is 0 Å². The molecule has 84 valence electrons. The van der Waals surface area contributed by atoms with E-state index in [1.807, 2.05) is 6.92 Å². The summed E-state index contributed by atoms with van der Waals surface area (Å²) in [4.78, 5) is 4.24. The third kappa shape index (κ3) is 3.17. The summed E-state index contributed by atoms with van der Waals surface area (Å²) in [5.41, 5.74) is 0. The number of hydrogen-bond acceptors (Lipinski definition) is 4. The molecule has 0 unspecified atom stereocenters. The van der Waals surface area contributed by atoms with E-state index in [9.17, 15) is 8.42 Å². The molecule has 0 saturated heterocycles. The summed E-state index contributed by atoms with van der Waals surface area (Å²) in [6.07, 6.45) is 2.44. The van der Waals surface area contributed by atoms with Crippen molar-refractivity contribution in [2.24, 2.45) is 0 Å². The zero-order valence-corrected chi connectivity index (χ0v) is 9.63. The molecule has 0 fully saturated rings. The van der Waals surface area contributed by atoms with Gasteiger partial charge in [0.1, 0.15) is 5.82 Å². The minimum Gasteiger partial charge on any atom is -0.370 e. The number of nitrogens with one attached hydrogen (secondary N) is 2. The molecule has 5 nitrogen and oxygen atoms in total. The van der Waals surface area contributed by atoms with Gasteiger partial charge in [-0.3, -0.25) is 0 Å². The second-order valence-electron chi connectivity index (χ2n) is 3.01. The average molecular weight is 229 g/mol. The molecule has 15 heavy (non-hydrogen) atoms. The lowest BCUT2D eigenvalue weighted by Gasteiger charge is -2.06. The summed E-state index contributed by atoms with van der Waals surface area (Å²) in [6, 6.07) is 2.98. The van der Waals surface area contributed by atoms with Crippen LogP contribution in [0.2, 0.25) is 0 Å². The molecular weight excluding hydrogens is 214 g/mol. The first kappa shape index (κ1) is 11.9. The Kier molecular flexibility index (Phi) is 4.05. The highest BCUT2D eigenvalue weighted by Crippen LogP contribution is 2.11. The monoisotopic (exact) mass is 229 g/mol. The fourth-order valence-electron chi connectivity index (χ4n) is 1.05. The minimum absolute atomic E-state index is 0.221. The van der Waals surface area contributed by atoms with E-state index in [1.165, 1.54) is 25.4 Å². The highest BCUT2D eigenvalue weighted by molar-refractivity contribution is 7.89. The summed E-state index contributed by atoms with van der Waals surface area (Å²) in [5.74, 6) is 0.577. The summed E-state index contributed by atoms with van der Waals surface area (Å²) in [5, 5.41) is 3.03. The van der Waals surface area contributed by atoms with Gasteiger partial charge in [0.25, 0.3) is 0 Å². The van der Waals surface area contributed by atoms with Gasteiger partial charge in [0.2, 0.25) is 10.0 Å². The normalized spacial score (nSPS) is 11.3. The van der Waals surface area contributed by atoms with Crippen molar-refractivity contribution in [2.75, 3.05) is 18.9 Å². The Labute approximate surface area is 90.0 Å². The Hall–Kier alpha value is -1.14. The number of nitrogens with zero attached hydrogens (tertiary/aromatic N) is 1. The van der Waals surface area contributed by atoms with E-state index >= 15 is 0 Å².